The zero-order valence-corrected chi connectivity index (χ0v) is 11.9. The molecule has 1 aliphatic heterocycles. The second-order valence-corrected chi connectivity index (χ2v) is 4.84. The molecule has 18 heavy (non-hydrogen) atoms. The molecular weight excluding hydrogens is 250 g/mol. The minimum Gasteiger partial charge on any atom is -0.486 e. The van der Waals surface area contributed by atoms with Crippen LogP contribution in [0, 0.1) is 5.92 Å². The van der Waals surface area contributed by atoms with Crippen LogP contribution in [0.1, 0.15) is 25.8 Å². The standard InChI is InChI=1S/C14H21NO2.ClH/c1-11(2)5-6-15-10-12-3-4-13-14(9-12)17-8-7-16-13;/h3-4,9,11,15H,5-8,10H2,1-2H3;1H. The maximum absolute atomic E-state index is 5.56. The lowest BCUT2D eigenvalue weighted by molar-refractivity contribution is 0.171. The predicted octanol–water partition coefficient (Wildman–Crippen LogP) is 3.02. The lowest BCUT2D eigenvalue weighted by Gasteiger charge is -2.19. The van der Waals surface area contributed by atoms with Gasteiger partial charge in [-0.05, 0) is 36.6 Å². The van der Waals surface area contributed by atoms with E-state index in [9.17, 15) is 0 Å². The highest BCUT2D eigenvalue weighted by atomic mass is 35.5. The van der Waals surface area contributed by atoms with Crippen molar-refractivity contribution < 1.29 is 9.47 Å². The molecule has 0 bridgehead atoms. The summed E-state index contributed by atoms with van der Waals surface area (Å²) in [7, 11) is 0. The number of fused-ring (bicyclic) bond motifs is 1. The van der Waals surface area contributed by atoms with Crippen LogP contribution in [0.15, 0.2) is 18.2 Å². The lowest BCUT2D eigenvalue weighted by Crippen LogP contribution is -2.18. The molecule has 1 N–H and O–H groups in total. The summed E-state index contributed by atoms with van der Waals surface area (Å²) in [6, 6.07) is 6.15. The maximum Gasteiger partial charge on any atom is 0.161 e. The van der Waals surface area contributed by atoms with Crippen molar-refractivity contribution in [1.82, 2.24) is 5.32 Å². The zero-order chi connectivity index (χ0) is 12.1. The van der Waals surface area contributed by atoms with Gasteiger partial charge < -0.3 is 14.8 Å². The van der Waals surface area contributed by atoms with Crippen LogP contribution in [0.4, 0.5) is 0 Å². The minimum atomic E-state index is 0. The van der Waals surface area contributed by atoms with E-state index in [1.165, 1.54) is 12.0 Å². The SMILES string of the molecule is CC(C)CCNCc1ccc2c(c1)OCCO2.Cl. The summed E-state index contributed by atoms with van der Waals surface area (Å²) in [5, 5.41) is 3.44. The molecule has 102 valence electrons. The van der Waals surface area contributed by atoms with Gasteiger partial charge in [-0.2, -0.15) is 0 Å². The Balaban J connectivity index is 0.00000162. The van der Waals surface area contributed by atoms with E-state index in [0.717, 1.165) is 30.5 Å². The molecule has 1 aromatic rings. The van der Waals surface area contributed by atoms with Crippen LogP contribution in [0.3, 0.4) is 0 Å². The van der Waals surface area contributed by atoms with Crippen molar-refractivity contribution in [2.75, 3.05) is 19.8 Å². The molecule has 1 aliphatic rings. The summed E-state index contributed by atoms with van der Waals surface area (Å²) >= 11 is 0. The van der Waals surface area contributed by atoms with Gasteiger partial charge in [0, 0.05) is 6.54 Å². The summed E-state index contributed by atoms with van der Waals surface area (Å²) in [5.74, 6) is 2.49. The van der Waals surface area contributed by atoms with Crippen molar-refractivity contribution in [3.8, 4) is 11.5 Å². The second kappa shape index (κ2) is 7.49. The summed E-state index contributed by atoms with van der Waals surface area (Å²) in [6.07, 6.45) is 1.21. The minimum absolute atomic E-state index is 0. The highest BCUT2D eigenvalue weighted by molar-refractivity contribution is 5.85. The number of nitrogens with one attached hydrogen (secondary N) is 1. The van der Waals surface area contributed by atoms with E-state index in [2.05, 4.69) is 31.3 Å². The van der Waals surface area contributed by atoms with Gasteiger partial charge in [0.2, 0.25) is 0 Å². The topological polar surface area (TPSA) is 30.5 Å². The largest absolute Gasteiger partial charge is 0.486 e. The van der Waals surface area contributed by atoms with Gasteiger partial charge in [-0.25, -0.2) is 0 Å². The van der Waals surface area contributed by atoms with Crippen LogP contribution in [0.5, 0.6) is 11.5 Å². The maximum atomic E-state index is 5.56. The fourth-order valence-electron chi connectivity index (χ4n) is 1.82. The molecule has 3 nitrogen and oxygen atoms in total. The molecular formula is C14H22ClNO2. The highest BCUT2D eigenvalue weighted by Gasteiger charge is 2.11. The van der Waals surface area contributed by atoms with Gasteiger partial charge in [-0.1, -0.05) is 19.9 Å². The summed E-state index contributed by atoms with van der Waals surface area (Å²) in [5.41, 5.74) is 1.25. The Morgan fingerprint density at radius 2 is 1.89 bits per heavy atom. The average Bonchev–Trinajstić information content (AvgIpc) is 2.34. The average molecular weight is 272 g/mol. The van der Waals surface area contributed by atoms with E-state index >= 15 is 0 Å². The second-order valence-electron chi connectivity index (χ2n) is 4.84. The van der Waals surface area contributed by atoms with Crippen molar-refractivity contribution in [3.63, 3.8) is 0 Å². The Morgan fingerprint density at radius 3 is 2.61 bits per heavy atom. The molecule has 0 fully saturated rings. The van der Waals surface area contributed by atoms with Crippen LogP contribution >= 0.6 is 12.4 Å². The molecule has 0 atom stereocenters. The first-order chi connectivity index (χ1) is 8.25. The van der Waals surface area contributed by atoms with Crippen LogP contribution in [-0.2, 0) is 6.54 Å². The van der Waals surface area contributed by atoms with Crippen molar-refractivity contribution >= 4 is 12.4 Å². The number of hydrogen-bond acceptors (Lipinski definition) is 3. The summed E-state index contributed by atoms with van der Waals surface area (Å²) in [4.78, 5) is 0. The van der Waals surface area contributed by atoms with Gasteiger partial charge >= 0.3 is 0 Å². The van der Waals surface area contributed by atoms with Gasteiger partial charge in [0.1, 0.15) is 13.2 Å². The molecule has 1 aromatic carbocycles. The number of halogens is 1. The third-order valence-corrected chi connectivity index (χ3v) is 2.83. The molecule has 0 aliphatic carbocycles. The molecule has 4 heteroatoms. The summed E-state index contributed by atoms with van der Waals surface area (Å²) in [6.45, 7) is 7.74. The molecule has 0 spiro atoms. The number of ether oxygens (including phenoxy) is 2. The molecule has 0 radical (unpaired) electrons. The molecule has 0 aromatic heterocycles. The lowest BCUT2D eigenvalue weighted by atomic mass is 10.1. The smallest absolute Gasteiger partial charge is 0.161 e. The third-order valence-electron chi connectivity index (χ3n) is 2.83. The van der Waals surface area contributed by atoms with E-state index in [1.54, 1.807) is 0 Å². The van der Waals surface area contributed by atoms with E-state index < -0.39 is 0 Å². The Bertz CT molecular complexity index is 369. The normalized spacial score (nSPS) is 13.3. The number of benzene rings is 1. The molecule has 2 rings (SSSR count). The first-order valence-electron chi connectivity index (χ1n) is 6.35. The van der Waals surface area contributed by atoms with Gasteiger partial charge in [0.05, 0.1) is 0 Å². The Hall–Kier alpha value is -0.930. The van der Waals surface area contributed by atoms with Crippen molar-refractivity contribution in [2.45, 2.75) is 26.8 Å². The number of rotatable bonds is 5. The van der Waals surface area contributed by atoms with Crippen molar-refractivity contribution in [2.24, 2.45) is 5.92 Å². The van der Waals surface area contributed by atoms with Crippen LogP contribution < -0.4 is 14.8 Å². The molecule has 0 amide bonds. The fourth-order valence-corrected chi connectivity index (χ4v) is 1.82. The van der Waals surface area contributed by atoms with E-state index in [1.807, 2.05) is 6.07 Å². The molecule has 0 saturated heterocycles. The third kappa shape index (κ3) is 4.39. The van der Waals surface area contributed by atoms with Gasteiger partial charge in [-0.15, -0.1) is 12.4 Å². The highest BCUT2D eigenvalue weighted by Crippen LogP contribution is 2.30. The predicted molar refractivity (Wildman–Crippen MR) is 75.8 cm³/mol. The molecule has 0 unspecified atom stereocenters. The zero-order valence-electron chi connectivity index (χ0n) is 11.1. The Labute approximate surface area is 115 Å². The summed E-state index contributed by atoms with van der Waals surface area (Å²) < 4.78 is 11.0. The fraction of sp³-hybridized carbons (Fsp3) is 0.571. The van der Waals surface area contributed by atoms with E-state index in [-0.39, 0.29) is 12.4 Å². The number of hydrogen-bond donors (Lipinski definition) is 1. The molecule has 1 heterocycles. The Kier molecular flexibility index (Phi) is 6.30. The first kappa shape index (κ1) is 15.1. The van der Waals surface area contributed by atoms with Gasteiger partial charge in [0.15, 0.2) is 11.5 Å². The monoisotopic (exact) mass is 271 g/mol. The first-order valence-corrected chi connectivity index (χ1v) is 6.35. The van der Waals surface area contributed by atoms with E-state index in [4.69, 9.17) is 9.47 Å². The Morgan fingerprint density at radius 1 is 1.17 bits per heavy atom. The van der Waals surface area contributed by atoms with Crippen LogP contribution in [-0.4, -0.2) is 19.8 Å². The van der Waals surface area contributed by atoms with Crippen LogP contribution in [0.25, 0.3) is 0 Å². The van der Waals surface area contributed by atoms with E-state index in [0.29, 0.717) is 13.2 Å². The quantitative estimate of drug-likeness (QED) is 0.835. The van der Waals surface area contributed by atoms with Crippen molar-refractivity contribution in [1.29, 1.82) is 0 Å². The van der Waals surface area contributed by atoms with Gasteiger partial charge in [0.25, 0.3) is 0 Å². The van der Waals surface area contributed by atoms with Crippen molar-refractivity contribution in [3.05, 3.63) is 23.8 Å². The van der Waals surface area contributed by atoms with Crippen LogP contribution in [0.2, 0.25) is 0 Å². The van der Waals surface area contributed by atoms with Gasteiger partial charge in [-0.3, -0.25) is 0 Å². The molecule has 0 saturated carbocycles.